The topological polar surface area (TPSA) is 38.8 Å². The zero-order valence-electron chi connectivity index (χ0n) is 14.8. The maximum Gasteiger partial charge on any atom is 0.308 e. The summed E-state index contributed by atoms with van der Waals surface area (Å²) in [5.74, 6) is 1.02. The maximum absolute atomic E-state index is 11.1. The summed E-state index contributed by atoms with van der Waals surface area (Å²) in [5, 5.41) is 0. The van der Waals surface area contributed by atoms with Gasteiger partial charge in [0, 0.05) is 19.9 Å². The number of hydrogen-bond donors (Lipinski definition) is 0. The number of carbonyl (C=O) groups is 1. The first-order valence-corrected chi connectivity index (χ1v) is 8.11. The van der Waals surface area contributed by atoms with E-state index in [9.17, 15) is 4.79 Å². The molecule has 2 aromatic carbocycles. The summed E-state index contributed by atoms with van der Waals surface area (Å²) < 4.78 is 11.4. The number of benzene rings is 2. The van der Waals surface area contributed by atoms with Gasteiger partial charge >= 0.3 is 5.97 Å². The Balaban J connectivity index is 2.18. The molecule has 4 nitrogen and oxygen atoms in total. The molecule has 0 saturated carbocycles. The number of carbonyl (C=O) groups excluding carboxylic acids is 1. The molecule has 4 heteroatoms. The van der Waals surface area contributed by atoms with Gasteiger partial charge in [-0.1, -0.05) is 30.3 Å². The molecule has 0 unspecified atom stereocenters. The fraction of sp³-hybridized carbons (Fsp3) is 0.350. The predicted octanol–water partition coefficient (Wildman–Crippen LogP) is 3.99. The van der Waals surface area contributed by atoms with Crippen molar-refractivity contribution in [3.8, 4) is 11.5 Å². The van der Waals surface area contributed by atoms with Crippen molar-refractivity contribution in [2.45, 2.75) is 26.4 Å². The number of rotatable bonds is 7. The van der Waals surface area contributed by atoms with E-state index in [-0.39, 0.29) is 12.1 Å². The van der Waals surface area contributed by atoms with Gasteiger partial charge in [-0.3, -0.25) is 4.79 Å². The van der Waals surface area contributed by atoms with Crippen molar-refractivity contribution in [1.82, 2.24) is 4.90 Å². The van der Waals surface area contributed by atoms with Crippen molar-refractivity contribution in [1.29, 1.82) is 0 Å². The van der Waals surface area contributed by atoms with Crippen molar-refractivity contribution in [2.75, 3.05) is 20.6 Å². The highest BCUT2D eigenvalue weighted by Gasteiger charge is 2.15. The molecule has 0 heterocycles. The molecule has 0 amide bonds. The van der Waals surface area contributed by atoms with E-state index in [0.717, 1.165) is 29.8 Å². The van der Waals surface area contributed by atoms with E-state index in [1.165, 1.54) is 6.92 Å². The Morgan fingerprint density at radius 2 is 1.83 bits per heavy atom. The van der Waals surface area contributed by atoms with Gasteiger partial charge in [-0.2, -0.15) is 0 Å². The van der Waals surface area contributed by atoms with Crippen LogP contribution in [0.25, 0.3) is 0 Å². The van der Waals surface area contributed by atoms with Gasteiger partial charge in [0.05, 0.1) is 0 Å². The van der Waals surface area contributed by atoms with Gasteiger partial charge < -0.3 is 14.4 Å². The molecule has 0 fully saturated rings. The second-order valence-electron chi connectivity index (χ2n) is 6.13. The number of hydrogen-bond acceptors (Lipinski definition) is 4. The number of ether oxygens (including phenoxy) is 2. The average molecular weight is 327 g/mol. The Bertz CT molecular complexity index is 668. The fourth-order valence-electron chi connectivity index (χ4n) is 2.47. The number of esters is 1. The smallest absolute Gasteiger partial charge is 0.308 e. The number of aryl methyl sites for hydroxylation is 1. The molecule has 0 aliphatic carbocycles. The lowest BCUT2D eigenvalue weighted by molar-refractivity contribution is -0.131. The van der Waals surface area contributed by atoms with Crippen LogP contribution in [0.5, 0.6) is 11.5 Å². The minimum atomic E-state index is -0.323. The van der Waals surface area contributed by atoms with Gasteiger partial charge in [0.25, 0.3) is 0 Å². The normalized spacial score (nSPS) is 12.0. The van der Waals surface area contributed by atoms with Crippen molar-refractivity contribution in [3.63, 3.8) is 0 Å². The van der Waals surface area contributed by atoms with Gasteiger partial charge in [0.15, 0.2) is 0 Å². The Kier molecular flexibility index (Phi) is 6.38. The van der Waals surface area contributed by atoms with E-state index in [1.54, 1.807) is 6.07 Å². The van der Waals surface area contributed by atoms with E-state index < -0.39 is 0 Å². The molecule has 0 bridgehead atoms. The summed E-state index contributed by atoms with van der Waals surface area (Å²) in [4.78, 5) is 13.2. The lowest BCUT2D eigenvalue weighted by Gasteiger charge is -2.22. The van der Waals surface area contributed by atoms with Crippen LogP contribution in [0.3, 0.4) is 0 Å². The van der Waals surface area contributed by atoms with Crippen molar-refractivity contribution in [2.24, 2.45) is 0 Å². The molecule has 2 aromatic rings. The quantitative estimate of drug-likeness (QED) is 0.569. The minimum Gasteiger partial charge on any atom is -0.485 e. The highest BCUT2D eigenvalue weighted by molar-refractivity contribution is 5.69. The van der Waals surface area contributed by atoms with Gasteiger partial charge in [0.2, 0.25) is 0 Å². The summed E-state index contributed by atoms with van der Waals surface area (Å²) in [7, 11) is 4.11. The second kappa shape index (κ2) is 8.50. The zero-order valence-corrected chi connectivity index (χ0v) is 14.8. The van der Waals surface area contributed by atoms with Crippen LogP contribution in [0.2, 0.25) is 0 Å². The third-order valence-electron chi connectivity index (χ3n) is 3.69. The molecular weight excluding hydrogens is 302 g/mol. The Labute approximate surface area is 144 Å². The maximum atomic E-state index is 11.1. The van der Waals surface area contributed by atoms with E-state index in [0.29, 0.717) is 5.75 Å². The monoisotopic (exact) mass is 327 g/mol. The van der Waals surface area contributed by atoms with Crippen LogP contribution in [-0.2, 0) is 4.79 Å². The van der Waals surface area contributed by atoms with E-state index >= 15 is 0 Å². The van der Waals surface area contributed by atoms with Crippen LogP contribution >= 0.6 is 0 Å². The molecule has 0 aliphatic heterocycles. The second-order valence-corrected chi connectivity index (χ2v) is 6.13. The molecule has 0 N–H and O–H groups in total. The Morgan fingerprint density at radius 1 is 1.12 bits per heavy atom. The third-order valence-corrected chi connectivity index (χ3v) is 3.69. The fourth-order valence-corrected chi connectivity index (χ4v) is 2.47. The summed E-state index contributed by atoms with van der Waals surface area (Å²) in [6.45, 7) is 4.28. The van der Waals surface area contributed by atoms with Crippen LogP contribution < -0.4 is 9.47 Å². The van der Waals surface area contributed by atoms with Crippen LogP contribution in [0.15, 0.2) is 48.5 Å². The number of nitrogens with zero attached hydrogens (tertiary/aromatic N) is 1. The zero-order chi connectivity index (χ0) is 17.5. The summed E-state index contributed by atoms with van der Waals surface area (Å²) in [5.41, 5.74) is 2.10. The van der Waals surface area contributed by atoms with Crippen LogP contribution in [-0.4, -0.2) is 31.5 Å². The van der Waals surface area contributed by atoms with Gasteiger partial charge in [-0.15, -0.1) is 0 Å². The van der Waals surface area contributed by atoms with Crippen LogP contribution in [0.4, 0.5) is 0 Å². The van der Waals surface area contributed by atoms with Crippen LogP contribution in [0, 0.1) is 6.92 Å². The summed E-state index contributed by atoms with van der Waals surface area (Å²) in [6, 6.07) is 15.7. The first-order chi connectivity index (χ1) is 11.5. The summed E-state index contributed by atoms with van der Waals surface area (Å²) in [6.07, 6.45) is 0.870. The SMILES string of the molecule is CC(=O)Oc1ccc(O[C@H](CCN(C)C)c2ccccc2)c(C)c1. The van der Waals surface area contributed by atoms with Gasteiger partial charge in [0.1, 0.15) is 17.6 Å². The average Bonchev–Trinajstić information content (AvgIpc) is 2.53. The molecule has 128 valence electrons. The largest absolute Gasteiger partial charge is 0.485 e. The molecular formula is C20H25NO3. The van der Waals surface area contributed by atoms with Crippen molar-refractivity contribution >= 4 is 5.97 Å². The Morgan fingerprint density at radius 3 is 2.42 bits per heavy atom. The lowest BCUT2D eigenvalue weighted by Crippen LogP contribution is -2.19. The molecule has 0 spiro atoms. The van der Waals surface area contributed by atoms with E-state index in [2.05, 4.69) is 31.1 Å². The molecule has 0 saturated heterocycles. The first-order valence-electron chi connectivity index (χ1n) is 8.11. The standard InChI is InChI=1S/C20H25NO3/c1-15-14-18(23-16(2)22)10-11-19(15)24-20(12-13-21(3)4)17-8-6-5-7-9-17/h5-11,14,20H,12-13H2,1-4H3/t20-/m1/s1. The first kappa shape index (κ1) is 18.0. The molecule has 0 aliphatic rings. The molecule has 0 aromatic heterocycles. The lowest BCUT2D eigenvalue weighted by atomic mass is 10.1. The predicted molar refractivity (Wildman–Crippen MR) is 95.5 cm³/mol. The molecule has 0 radical (unpaired) electrons. The highest BCUT2D eigenvalue weighted by Crippen LogP contribution is 2.30. The molecule has 24 heavy (non-hydrogen) atoms. The Hall–Kier alpha value is -2.33. The highest BCUT2D eigenvalue weighted by atomic mass is 16.5. The van der Waals surface area contributed by atoms with Crippen molar-refractivity contribution < 1.29 is 14.3 Å². The summed E-state index contributed by atoms with van der Waals surface area (Å²) >= 11 is 0. The van der Waals surface area contributed by atoms with Crippen molar-refractivity contribution in [3.05, 3.63) is 59.7 Å². The minimum absolute atomic E-state index is 0.0214. The van der Waals surface area contributed by atoms with Gasteiger partial charge in [-0.25, -0.2) is 0 Å². The molecule has 2 rings (SSSR count). The van der Waals surface area contributed by atoms with Gasteiger partial charge in [-0.05, 0) is 50.3 Å². The van der Waals surface area contributed by atoms with E-state index in [4.69, 9.17) is 9.47 Å². The van der Waals surface area contributed by atoms with E-state index in [1.807, 2.05) is 37.3 Å². The third kappa shape index (κ3) is 5.39. The van der Waals surface area contributed by atoms with Crippen LogP contribution in [0.1, 0.15) is 30.6 Å². The molecule has 1 atom stereocenters.